The van der Waals surface area contributed by atoms with E-state index >= 15 is 0 Å². The predicted octanol–water partition coefficient (Wildman–Crippen LogP) is 2.47. The van der Waals surface area contributed by atoms with Crippen molar-refractivity contribution < 1.29 is 19.5 Å². The number of imide groups is 1. The summed E-state index contributed by atoms with van der Waals surface area (Å²) in [5, 5.41) is 17.0. The van der Waals surface area contributed by atoms with Crippen molar-refractivity contribution in [3.63, 3.8) is 0 Å². The zero-order valence-corrected chi connectivity index (χ0v) is 18.5. The van der Waals surface area contributed by atoms with Crippen LogP contribution in [0.15, 0.2) is 12.1 Å². The smallest absolute Gasteiger partial charge is 0.250 e. The van der Waals surface area contributed by atoms with E-state index in [4.69, 9.17) is 11.6 Å². The van der Waals surface area contributed by atoms with Crippen LogP contribution in [0.2, 0.25) is 5.02 Å². The molecule has 1 aliphatic carbocycles. The minimum atomic E-state index is -1.41. The predicted molar refractivity (Wildman–Crippen MR) is 115 cm³/mol. The van der Waals surface area contributed by atoms with Gasteiger partial charge in [0.25, 0.3) is 0 Å². The Morgan fingerprint density at radius 1 is 1.13 bits per heavy atom. The topological polar surface area (TPSA) is 98.7 Å². The van der Waals surface area contributed by atoms with Crippen LogP contribution in [0, 0.1) is 18.8 Å². The second kappa shape index (κ2) is 7.29. The highest BCUT2D eigenvalue weighted by Crippen LogP contribution is 2.55. The maximum atomic E-state index is 13.8. The van der Waals surface area contributed by atoms with Gasteiger partial charge in [-0.25, -0.2) is 0 Å². The Morgan fingerprint density at radius 3 is 2.45 bits per heavy atom. The van der Waals surface area contributed by atoms with Gasteiger partial charge in [0, 0.05) is 17.6 Å². The first kappa shape index (κ1) is 20.9. The molecule has 31 heavy (non-hydrogen) atoms. The maximum Gasteiger partial charge on any atom is 0.250 e. The Hall–Kier alpha value is -1.96. The average molecular weight is 446 g/mol. The maximum absolute atomic E-state index is 13.8. The summed E-state index contributed by atoms with van der Waals surface area (Å²) in [6.07, 6.45) is 4.87. The molecule has 0 aromatic heterocycles. The summed E-state index contributed by atoms with van der Waals surface area (Å²) in [5.41, 5.74) is 0.507. The van der Waals surface area contributed by atoms with Gasteiger partial charge in [-0.15, -0.1) is 0 Å². The first-order valence-electron chi connectivity index (χ1n) is 11.2. The van der Waals surface area contributed by atoms with Crippen molar-refractivity contribution in [1.82, 2.24) is 10.2 Å². The fourth-order valence-corrected chi connectivity index (χ4v) is 6.56. The molecule has 5 rings (SSSR count). The number of fused-ring (bicyclic) bond motifs is 4. The molecule has 0 radical (unpaired) electrons. The zero-order valence-electron chi connectivity index (χ0n) is 17.8. The van der Waals surface area contributed by atoms with E-state index in [1.807, 2.05) is 13.0 Å². The Bertz CT molecular complexity index is 972. The van der Waals surface area contributed by atoms with E-state index in [-0.39, 0.29) is 17.9 Å². The third kappa shape index (κ3) is 2.82. The normalized spacial score (nSPS) is 34.1. The van der Waals surface area contributed by atoms with Gasteiger partial charge < -0.3 is 10.4 Å². The minimum Gasteiger partial charge on any atom is -0.392 e. The molecule has 0 bridgehead atoms. The minimum absolute atomic E-state index is 0.134. The lowest BCUT2D eigenvalue weighted by Crippen LogP contribution is -2.55. The molecule has 3 heterocycles. The lowest BCUT2D eigenvalue weighted by Gasteiger charge is -2.32. The highest BCUT2D eigenvalue weighted by atomic mass is 35.5. The van der Waals surface area contributed by atoms with Crippen molar-refractivity contribution in [2.75, 3.05) is 5.32 Å². The quantitative estimate of drug-likeness (QED) is 0.480. The van der Waals surface area contributed by atoms with Crippen molar-refractivity contribution >= 4 is 35.0 Å². The molecule has 3 N–H and O–H groups in total. The van der Waals surface area contributed by atoms with Crippen LogP contribution >= 0.6 is 11.6 Å². The second-order valence-corrected chi connectivity index (χ2v) is 9.94. The molecule has 8 heteroatoms. The molecule has 5 atom stereocenters. The van der Waals surface area contributed by atoms with Gasteiger partial charge in [0.15, 0.2) is 0 Å². The number of rotatable bonds is 2. The number of amides is 3. The summed E-state index contributed by atoms with van der Waals surface area (Å²) in [6.45, 7) is 3.47. The highest BCUT2D eigenvalue weighted by Gasteiger charge is 2.71. The van der Waals surface area contributed by atoms with Gasteiger partial charge in [0.2, 0.25) is 17.7 Å². The van der Waals surface area contributed by atoms with Gasteiger partial charge in [-0.2, -0.15) is 0 Å². The molecule has 166 valence electrons. The lowest BCUT2D eigenvalue weighted by atomic mass is 9.76. The number of likely N-dealkylation sites (tertiary alicyclic amines) is 1. The number of carbonyl (C=O) groups excluding carboxylic acids is 3. The molecular formula is C23H28ClN3O4. The van der Waals surface area contributed by atoms with E-state index in [1.54, 1.807) is 13.0 Å². The molecule has 1 aromatic rings. The van der Waals surface area contributed by atoms with Gasteiger partial charge in [-0.3, -0.25) is 24.6 Å². The number of anilines is 1. The van der Waals surface area contributed by atoms with E-state index < -0.39 is 35.4 Å². The summed E-state index contributed by atoms with van der Waals surface area (Å²) < 4.78 is 0. The lowest BCUT2D eigenvalue weighted by molar-refractivity contribution is -0.146. The number of hydrogen-bond acceptors (Lipinski definition) is 5. The van der Waals surface area contributed by atoms with Gasteiger partial charge >= 0.3 is 0 Å². The van der Waals surface area contributed by atoms with Crippen LogP contribution in [-0.2, 0) is 19.9 Å². The van der Waals surface area contributed by atoms with Gasteiger partial charge in [-0.1, -0.05) is 43.4 Å². The van der Waals surface area contributed by atoms with Crippen LogP contribution in [0.3, 0.4) is 0 Å². The molecule has 3 amide bonds. The number of benzene rings is 1. The molecule has 3 aliphatic heterocycles. The van der Waals surface area contributed by atoms with Crippen LogP contribution in [-0.4, -0.2) is 45.9 Å². The Morgan fingerprint density at radius 2 is 1.81 bits per heavy atom. The molecule has 4 aliphatic rings. The number of nitrogens with zero attached hydrogens (tertiary/aromatic N) is 1. The number of aliphatic hydroxyl groups is 1. The molecule has 1 spiro atoms. The Kier molecular flexibility index (Phi) is 4.92. The molecule has 3 fully saturated rings. The summed E-state index contributed by atoms with van der Waals surface area (Å²) in [6, 6.07) is 2.77. The van der Waals surface area contributed by atoms with Crippen molar-refractivity contribution in [1.29, 1.82) is 0 Å². The molecule has 2 saturated heterocycles. The average Bonchev–Trinajstić information content (AvgIpc) is 3.18. The van der Waals surface area contributed by atoms with E-state index in [1.165, 1.54) is 4.90 Å². The number of hydrogen-bond donors (Lipinski definition) is 3. The summed E-state index contributed by atoms with van der Waals surface area (Å²) in [5.74, 6) is -2.65. The first-order chi connectivity index (χ1) is 14.8. The molecular weight excluding hydrogens is 418 g/mol. The van der Waals surface area contributed by atoms with Crippen LogP contribution in [0.4, 0.5) is 5.69 Å². The van der Waals surface area contributed by atoms with E-state index in [0.717, 1.165) is 44.1 Å². The third-order valence-corrected chi connectivity index (χ3v) is 7.90. The zero-order chi connectivity index (χ0) is 22.1. The number of halogens is 1. The fourth-order valence-electron chi connectivity index (χ4n) is 6.24. The van der Waals surface area contributed by atoms with Crippen LogP contribution in [0.5, 0.6) is 0 Å². The first-order valence-corrected chi connectivity index (χ1v) is 11.6. The van der Waals surface area contributed by atoms with E-state index in [0.29, 0.717) is 16.3 Å². The van der Waals surface area contributed by atoms with Crippen molar-refractivity contribution in [2.24, 2.45) is 11.8 Å². The Labute approximate surface area is 186 Å². The third-order valence-electron chi connectivity index (χ3n) is 7.60. The number of carbonyl (C=O) groups is 3. The molecule has 7 nitrogen and oxygen atoms in total. The van der Waals surface area contributed by atoms with E-state index in [2.05, 4.69) is 10.6 Å². The monoisotopic (exact) mass is 445 g/mol. The van der Waals surface area contributed by atoms with Crippen molar-refractivity contribution in [2.45, 2.75) is 76.1 Å². The molecule has 1 aromatic carbocycles. The molecule has 0 unspecified atom stereocenters. The van der Waals surface area contributed by atoms with Gasteiger partial charge in [0.1, 0.15) is 5.54 Å². The summed E-state index contributed by atoms with van der Waals surface area (Å²) in [4.78, 5) is 42.3. The summed E-state index contributed by atoms with van der Waals surface area (Å²) in [7, 11) is 0. The van der Waals surface area contributed by atoms with E-state index in [9.17, 15) is 19.5 Å². The fraction of sp³-hybridized carbons (Fsp3) is 0.609. The Balaban J connectivity index is 1.65. The van der Waals surface area contributed by atoms with Crippen LogP contribution in [0.1, 0.15) is 56.6 Å². The number of aryl methyl sites for hydroxylation is 1. The van der Waals surface area contributed by atoms with Crippen molar-refractivity contribution in [3.05, 3.63) is 28.3 Å². The van der Waals surface area contributed by atoms with Crippen molar-refractivity contribution in [3.8, 4) is 0 Å². The highest BCUT2D eigenvalue weighted by molar-refractivity contribution is 6.35. The number of aliphatic hydroxyl groups excluding tert-OH is 1. The summed E-state index contributed by atoms with van der Waals surface area (Å²) >= 11 is 6.42. The molecule has 1 saturated carbocycles. The second-order valence-electron chi connectivity index (χ2n) is 9.54. The van der Waals surface area contributed by atoms with Gasteiger partial charge in [-0.05, 0) is 38.3 Å². The number of nitrogens with one attached hydrogen (secondary N) is 2. The van der Waals surface area contributed by atoms with Crippen LogP contribution in [0.25, 0.3) is 0 Å². The van der Waals surface area contributed by atoms with Gasteiger partial charge in [0.05, 0.1) is 28.6 Å². The SMILES string of the molecule is Cc1cc(Cl)c2c(c1)[C@@]1(N[C@@H]([C@H](C)O)[C@H]3C(=O)N(C4CCCCCC4)C(=O)[C@H]31)C(=O)N2. The van der Waals surface area contributed by atoms with Crippen LogP contribution < -0.4 is 10.6 Å². The standard InChI is InChI=1S/C23H28ClN3O4/c1-11-9-14-19(15(24)10-11)25-22(31)23(14)17-16(18(26-23)12(2)28)20(29)27(21(17)30)13-7-5-3-4-6-8-13/h9-10,12-13,16-18,26,28H,3-8H2,1-2H3,(H,25,31)/t12-,16-,17-,18-,23-/m0/s1. The largest absolute Gasteiger partial charge is 0.392 e.